The minimum Gasteiger partial charge on any atom is -0.392 e. The first-order valence-corrected chi connectivity index (χ1v) is 4.18. The van der Waals surface area contributed by atoms with E-state index in [9.17, 15) is 5.11 Å². The van der Waals surface area contributed by atoms with Crippen molar-refractivity contribution in [2.75, 3.05) is 13.7 Å². The van der Waals surface area contributed by atoms with Crippen molar-refractivity contribution in [2.45, 2.75) is 12.5 Å². The zero-order chi connectivity index (χ0) is 7.84. The number of hydrogen-bond acceptors (Lipinski definition) is 2. The maximum Gasteiger partial charge on any atom is 0.0612 e. The van der Waals surface area contributed by atoms with Crippen LogP contribution in [0.15, 0.2) is 12.2 Å². The van der Waals surface area contributed by atoms with Gasteiger partial charge in [-0.3, -0.25) is 0 Å². The second kappa shape index (κ2) is 2.61. The van der Waals surface area contributed by atoms with Gasteiger partial charge >= 0.3 is 0 Å². The second-order valence-corrected chi connectivity index (χ2v) is 3.55. The largest absolute Gasteiger partial charge is 0.392 e. The lowest BCUT2D eigenvalue weighted by Crippen LogP contribution is -2.18. The Kier molecular flexibility index (Phi) is 1.74. The molecule has 0 saturated heterocycles. The lowest BCUT2D eigenvalue weighted by atomic mass is 9.97. The molecular weight excluding hydrogens is 140 g/mol. The average molecular weight is 154 g/mol. The first-order chi connectivity index (χ1) is 5.33. The predicted molar refractivity (Wildman–Crippen MR) is 42.1 cm³/mol. The highest BCUT2D eigenvalue weighted by atomic mass is 16.5. The molecule has 11 heavy (non-hydrogen) atoms. The fraction of sp³-hybridized carbons (Fsp3) is 0.778. The summed E-state index contributed by atoms with van der Waals surface area (Å²) in [6.45, 7) is 0.791. The number of hydrogen-bond donors (Lipinski definition) is 1. The minimum atomic E-state index is -0.106. The highest BCUT2D eigenvalue weighted by Crippen LogP contribution is 2.44. The molecule has 1 saturated carbocycles. The van der Waals surface area contributed by atoms with E-state index in [1.807, 2.05) is 0 Å². The molecule has 2 bridgehead atoms. The molecule has 1 fully saturated rings. The van der Waals surface area contributed by atoms with Crippen LogP contribution in [0.5, 0.6) is 0 Å². The molecule has 2 rings (SSSR count). The summed E-state index contributed by atoms with van der Waals surface area (Å²) in [5, 5.41) is 9.51. The predicted octanol–water partition coefficient (Wildman–Crippen LogP) is 0.816. The lowest BCUT2D eigenvalue weighted by Gasteiger charge is -2.14. The van der Waals surface area contributed by atoms with E-state index >= 15 is 0 Å². The molecule has 2 nitrogen and oxygen atoms in total. The second-order valence-electron chi connectivity index (χ2n) is 3.55. The summed E-state index contributed by atoms with van der Waals surface area (Å²) in [6, 6.07) is 0. The van der Waals surface area contributed by atoms with Crippen molar-refractivity contribution in [1.29, 1.82) is 0 Å². The number of allylic oxidation sites excluding steroid dienone is 1. The summed E-state index contributed by atoms with van der Waals surface area (Å²) in [5.41, 5.74) is 0. The van der Waals surface area contributed by atoms with Crippen molar-refractivity contribution >= 4 is 0 Å². The van der Waals surface area contributed by atoms with Crippen LogP contribution in [-0.2, 0) is 4.74 Å². The summed E-state index contributed by atoms with van der Waals surface area (Å²) < 4.78 is 5.10. The van der Waals surface area contributed by atoms with Gasteiger partial charge in [0.1, 0.15) is 0 Å². The van der Waals surface area contributed by atoms with Gasteiger partial charge in [0, 0.05) is 13.0 Å². The van der Waals surface area contributed by atoms with Crippen LogP contribution >= 0.6 is 0 Å². The molecule has 0 aromatic carbocycles. The lowest BCUT2D eigenvalue weighted by molar-refractivity contribution is 0.104. The van der Waals surface area contributed by atoms with Gasteiger partial charge in [-0.2, -0.15) is 0 Å². The zero-order valence-electron chi connectivity index (χ0n) is 6.73. The van der Waals surface area contributed by atoms with E-state index in [2.05, 4.69) is 12.2 Å². The number of aliphatic hydroxyl groups excluding tert-OH is 1. The molecule has 62 valence electrons. The fourth-order valence-electron chi connectivity index (χ4n) is 2.37. The smallest absolute Gasteiger partial charge is 0.0612 e. The Hall–Kier alpha value is -0.340. The van der Waals surface area contributed by atoms with Crippen LogP contribution in [0.25, 0.3) is 0 Å². The maximum absolute atomic E-state index is 9.51. The molecule has 4 unspecified atom stereocenters. The van der Waals surface area contributed by atoms with Gasteiger partial charge < -0.3 is 9.84 Å². The number of fused-ring (bicyclic) bond motifs is 2. The third-order valence-corrected chi connectivity index (χ3v) is 2.94. The fourth-order valence-corrected chi connectivity index (χ4v) is 2.37. The van der Waals surface area contributed by atoms with Gasteiger partial charge in [-0.1, -0.05) is 12.2 Å². The molecule has 4 atom stereocenters. The third kappa shape index (κ3) is 1.01. The molecule has 0 aliphatic heterocycles. The first kappa shape index (κ1) is 7.32. The van der Waals surface area contributed by atoms with Crippen LogP contribution < -0.4 is 0 Å². The molecule has 2 heteroatoms. The highest BCUT2D eigenvalue weighted by molar-refractivity contribution is 5.14. The quantitative estimate of drug-likeness (QED) is 0.596. The minimum absolute atomic E-state index is 0.106. The van der Waals surface area contributed by atoms with Crippen molar-refractivity contribution in [1.82, 2.24) is 0 Å². The summed E-state index contributed by atoms with van der Waals surface area (Å²) in [4.78, 5) is 0. The van der Waals surface area contributed by atoms with Gasteiger partial charge in [0.25, 0.3) is 0 Å². The van der Waals surface area contributed by atoms with Crippen LogP contribution in [-0.4, -0.2) is 24.9 Å². The summed E-state index contributed by atoms with van der Waals surface area (Å²) in [5.74, 6) is 1.50. The van der Waals surface area contributed by atoms with Crippen LogP contribution in [0.1, 0.15) is 6.42 Å². The monoisotopic (exact) mass is 154 g/mol. The highest BCUT2D eigenvalue weighted by Gasteiger charge is 2.43. The average Bonchev–Trinajstić information content (AvgIpc) is 2.46. The van der Waals surface area contributed by atoms with E-state index in [-0.39, 0.29) is 6.10 Å². The molecule has 0 spiro atoms. The van der Waals surface area contributed by atoms with Crippen molar-refractivity contribution in [3.63, 3.8) is 0 Å². The van der Waals surface area contributed by atoms with Gasteiger partial charge in [0.2, 0.25) is 0 Å². The van der Waals surface area contributed by atoms with Crippen molar-refractivity contribution in [3.8, 4) is 0 Å². The van der Waals surface area contributed by atoms with Crippen LogP contribution in [0.2, 0.25) is 0 Å². The topological polar surface area (TPSA) is 29.5 Å². The third-order valence-electron chi connectivity index (χ3n) is 2.94. The normalized spacial score (nSPS) is 47.1. The zero-order valence-corrected chi connectivity index (χ0v) is 6.73. The van der Waals surface area contributed by atoms with Gasteiger partial charge in [0.15, 0.2) is 0 Å². The van der Waals surface area contributed by atoms with Gasteiger partial charge in [0.05, 0.1) is 12.7 Å². The molecule has 0 heterocycles. The molecule has 1 N–H and O–H groups in total. The summed E-state index contributed by atoms with van der Waals surface area (Å²) >= 11 is 0. The number of rotatable bonds is 2. The number of aliphatic hydroxyl groups is 1. The van der Waals surface area contributed by atoms with Gasteiger partial charge in [-0.25, -0.2) is 0 Å². The summed E-state index contributed by atoms with van der Waals surface area (Å²) in [7, 11) is 1.73. The van der Waals surface area contributed by atoms with Crippen LogP contribution in [0, 0.1) is 17.8 Å². The Labute approximate surface area is 66.9 Å². The van der Waals surface area contributed by atoms with Crippen LogP contribution in [0.4, 0.5) is 0 Å². The van der Waals surface area contributed by atoms with E-state index in [0.717, 1.165) is 13.0 Å². The Bertz CT molecular complexity index is 176. The molecule has 0 aromatic heterocycles. The van der Waals surface area contributed by atoms with E-state index in [4.69, 9.17) is 4.74 Å². The summed E-state index contributed by atoms with van der Waals surface area (Å²) in [6.07, 6.45) is 5.20. The SMILES string of the molecule is COCC1C2C=CC1C(O)C2. The van der Waals surface area contributed by atoms with E-state index in [1.54, 1.807) is 7.11 Å². The van der Waals surface area contributed by atoms with Gasteiger partial charge in [-0.15, -0.1) is 0 Å². The number of methoxy groups -OCH3 is 1. The van der Waals surface area contributed by atoms with Crippen LogP contribution in [0.3, 0.4) is 0 Å². The van der Waals surface area contributed by atoms with Crippen molar-refractivity contribution < 1.29 is 9.84 Å². The molecule has 0 radical (unpaired) electrons. The standard InChI is InChI=1S/C9H14O2/c1-11-5-8-6-2-3-7(8)9(10)4-6/h2-3,6-10H,4-5H2,1H3. The Morgan fingerprint density at radius 3 is 2.82 bits per heavy atom. The Balaban J connectivity index is 2.06. The van der Waals surface area contributed by atoms with E-state index in [1.165, 1.54) is 0 Å². The maximum atomic E-state index is 9.51. The van der Waals surface area contributed by atoms with Crippen molar-refractivity contribution in [2.24, 2.45) is 17.8 Å². The van der Waals surface area contributed by atoms with Gasteiger partial charge in [-0.05, 0) is 18.3 Å². The number of ether oxygens (including phenoxy) is 1. The molecule has 0 aromatic rings. The van der Waals surface area contributed by atoms with Crippen molar-refractivity contribution in [3.05, 3.63) is 12.2 Å². The first-order valence-electron chi connectivity index (χ1n) is 4.18. The molecule has 2 aliphatic carbocycles. The Morgan fingerprint density at radius 2 is 2.36 bits per heavy atom. The Morgan fingerprint density at radius 1 is 1.55 bits per heavy atom. The molecule has 0 amide bonds. The molecular formula is C9H14O2. The van der Waals surface area contributed by atoms with E-state index in [0.29, 0.717) is 17.8 Å². The van der Waals surface area contributed by atoms with E-state index < -0.39 is 0 Å². The molecule has 2 aliphatic rings.